The van der Waals surface area contributed by atoms with Crippen LogP contribution in [0.4, 0.5) is 11.4 Å². The van der Waals surface area contributed by atoms with Gasteiger partial charge in [-0.15, -0.1) is 0 Å². The molecule has 2 aromatic rings. The Morgan fingerprint density at radius 1 is 1.08 bits per heavy atom. The SMILES string of the molecule is Cc1cccc(NC(=O)c2ccc(N3C(=O)CCS3(=O)=O)cc2)c1C. The van der Waals surface area contributed by atoms with E-state index < -0.39 is 15.9 Å². The largest absolute Gasteiger partial charge is 0.322 e. The number of carbonyl (C=O) groups is 2. The van der Waals surface area contributed by atoms with Crippen LogP contribution in [-0.2, 0) is 14.8 Å². The number of hydrogen-bond acceptors (Lipinski definition) is 4. The molecular formula is C18H18N2O4S. The summed E-state index contributed by atoms with van der Waals surface area (Å²) in [6.45, 7) is 3.89. The van der Waals surface area contributed by atoms with Gasteiger partial charge < -0.3 is 5.32 Å². The molecule has 0 spiro atoms. The fourth-order valence-electron chi connectivity index (χ4n) is 2.70. The topological polar surface area (TPSA) is 83.6 Å². The Hall–Kier alpha value is -2.67. The average Bonchev–Trinajstić information content (AvgIpc) is 2.85. The Bertz CT molecular complexity index is 950. The number of nitrogens with one attached hydrogen (secondary N) is 1. The lowest BCUT2D eigenvalue weighted by Gasteiger charge is -2.15. The third-order valence-electron chi connectivity index (χ3n) is 4.30. The van der Waals surface area contributed by atoms with E-state index in [4.69, 9.17) is 0 Å². The third kappa shape index (κ3) is 3.28. The molecule has 1 saturated heterocycles. The predicted octanol–water partition coefficient (Wildman–Crippen LogP) is 2.62. The number of sulfonamides is 1. The predicted molar refractivity (Wildman–Crippen MR) is 96.2 cm³/mol. The molecule has 1 heterocycles. The number of benzene rings is 2. The molecule has 2 amide bonds. The van der Waals surface area contributed by atoms with Gasteiger partial charge in [-0.2, -0.15) is 0 Å². The molecule has 0 aliphatic carbocycles. The van der Waals surface area contributed by atoms with E-state index in [0.29, 0.717) is 5.56 Å². The van der Waals surface area contributed by atoms with Crippen LogP contribution in [0.3, 0.4) is 0 Å². The first kappa shape index (κ1) is 17.2. The van der Waals surface area contributed by atoms with Crippen LogP contribution >= 0.6 is 0 Å². The van der Waals surface area contributed by atoms with Gasteiger partial charge in [0.25, 0.3) is 5.91 Å². The molecular weight excluding hydrogens is 340 g/mol. The molecule has 1 aliphatic heterocycles. The highest BCUT2D eigenvalue weighted by atomic mass is 32.2. The normalized spacial score (nSPS) is 16.1. The monoisotopic (exact) mass is 358 g/mol. The van der Waals surface area contributed by atoms with Gasteiger partial charge >= 0.3 is 0 Å². The molecule has 0 aromatic heterocycles. The number of anilines is 2. The van der Waals surface area contributed by atoms with Crippen molar-refractivity contribution in [2.75, 3.05) is 15.4 Å². The molecule has 130 valence electrons. The van der Waals surface area contributed by atoms with E-state index in [-0.39, 0.29) is 23.8 Å². The van der Waals surface area contributed by atoms with Gasteiger partial charge in [0.05, 0.1) is 11.4 Å². The van der Waals surface area contributed by atoms with Crippen LogP contribution in [0.25, 0.3) is 0 Å². The van der Waals surface area contributed by atoms with Crippen LogP contribution in [0.2, 0.25) is 0 Å². The van der Waals surface area contributed by atoms with Gasteiger partial charge in [-0.05, 0) is 55.3 Å². The summed E-state index contributed by atoms with van der Waals surface area (Å²) >= 11 is 0. The van der Waals surface area contributed by atoms with Crippen LogP contribution in [-0.4, -0.2) is 26.0 Å². The molecule has 25 heavy (non-hydrogen) atoms. The minimum absolute atomic E-state index is 0.0167. The summed E-state index contributed by atoms with van der Waals surface area (Å²) in [5.74, 6) is -0.927. The minimum atomic E-state index is -3.60. The molecule has 0 radical (unpaired) electrons. The standard InChI is InChI=1S/C18H18N2O4S/c1-12-4-3-5-16(13(12)2)19-18(22)14-6-8-15(9-7-14)20-17(21)10-11-25(20,23)24/h3-9H,10-11H2,1-2H3,(H,19,22). The summed E-state index contributed by atoms with van der Waals surface area (Å²) in [5.41, 5.74) is 3.43. The van der Waals surface area contributed by atoms with Crippen molar-refractivity contribution in [1.29, 1.82) is 0 Å². The maximum atomic E-state index is 12.4. The maximum absolute atomic E-state index is 12.4. The molecule has 7 heteroatoms. The second-order valence-electron chi connectivity index (χ2n) is 5.97. The van der Waals surface area contributed by atoms with Crippen molar-refractivity contribution >= 4 is 33.2 Å². The zero-order valence-corrected chi connectivity index (χ0v) is 14.8. The molecule has 0 saturated carbocycles. The van der Waals surface area contributed by atoms with Gasteiger partial charge in [0.1, 0.15) is 0 Å². The molecule has 2 aromatic carbocycles. The Morgan fingerprint density at radius 2 is 1.76 bits per heavy atom. The zero-order valence-electron chi connectivity index (χ0n) is 13.9. The molecule has 0 unspecified atom stereocenters. The molecule has 0 bridgehead atoms. The van der Waals surface area contributed by atoms with E-state index in [2.05, 4.69) is 5.32 Å². The van der Waals surface area contributed by atoms with Gasteiger partial charge in [0.15, 0.2) is 0 Å². The summed E-state index contributed by atoms with van der Waals surface area (Å²) < 4.78 is 24.7. The first-order valence-corrected chi connectivity index (χ1v) is 9.44. The highest BCUT2D eigenvalue weighted by Gasteiger charge is 2.36. The quantitative estimate of drug-likeness (QED) is 0.914. The fourth-order valence-corrected chi connectivity index (χ4v) is 4.16. The molecule has 1 aliphatic rings. The summed E-state index contributed by atoms with van der Waals surface area (Å²) in [6, 6.07) is 11.6. The lowest BCUT2D eigenvalue weighted by molar-refractivity contribution is -0.116. The lowest BCUT2D eigenvalue weighted by atomic mass is 10.1. The highest BCUT2D eigenvalue weighted by molar-refractivity contribution is 7.94. The van der Waals surface area contributed by atoms with Gasteiger partial charge in [0, 0.05) is 17.7 Å². The van der Waals surface area contributed by atoms with Crippen molar-refractivity contribution in [3.05, 3.63) is 59.2 Å². The van der Waals surface area contributed by atoms with E-state index in [9.17, 15) is 18.0 Å². The van der Waals surface area contributed by atoms with E-state index in [1.165, 1.54) is 24.3 Å². The van der Waals surface area contributed by atoms with Crippen molar-refractivity contribution in [1.82, 2.24) is 0 Å². The van der Waals surface area contributed by atoms with Crippen LogP contribution in [0, 0.1) is 13.8 Å². The number of rotatable bonds is 3. The summed E-state index contributed by atoms with van der Waals surface area (Å²) in [6.07, 6.45) is -0.0167. The van der Waals surface area contributed by atoms with Crippen molar-refractivity contribution in [3.8, 4) is 0 Å². The van der Waals surface area contributed by atoms with Crippen molar-refractivity contribution in [3.63, 3.8) is 0 Å². The Morgan fingerprint density at radius 3 is 2.36 bits per heavy atom. The highest BCUT2D eigenvalue weighted by Crippen LogP contribution is 2.26. The molecule has 1 fully saturated rings. The smallest absolute Gasteiger partial charge is 0.255 e. The van der Waals surface area contributed by atoms with E-state index in [1.807, 2.05) is 32.0 Å². The summed E-state index contributed by atoms with van der Waals surface area (Å²) in [5, 5.41) is 2.84. The number of nitrogens with zero attached hydrogens (tertiary/aromatic N) is 1. The van der Waals surface area contributed by atoms with Crippen LogP contribution in [0.1, 0.15) is 27.9 Å². The van der Waals surface area contributed by atoms with Gasteiger partial charge in [-0.1, -0.05) is 12.1 Å². The summed E-state index contributed by atoms with van der Waals surface area (Å²) in [4.78, 5) is 24.2. The molecule has 1 N–H and O–H groups in total. The van der Waals surface area contributed by atoms with E-state index >= 15 is 0 Å². The van der Waals surface area contributed by atoms with Crippen molar-refractivity contribution in [2.45, 2.75) is 20.3 Å². The second-order valence-corrected chi connectivity index (χ2v) is 7.91. The van der Waals surface area contributed by atoms with Gasteiger partial charge in [-0.3, -0.25) is 9.59 Å². The van der Waals surface area contributed by atoms with Crippen LogP contribution < -0.4 is 9.62 Å². The van der Waals surface area contributed by atoms with Gasteiger partial charge in [0.2, 0.25) is 15.9 Å². The third-order valence-corrected chi connectivity index (χ3v) is 5.99. The number of aryl methyl sites for hydroxylation is 1. The van der Waals surface area contributed by atoms with Crippen molar-refractivity contribution < 1.29 is 18.0 Å². The van der Waals surface area contributed by atoms with Gasteiger partial charge in [-0.25, -0.2) is 12.7 Å². The van der Waals surface area contributed by atoms with Crippen LogP contribution in [0.15, 0.2) is 42.5 Å². The minimum Gasteiger partial charge on any atom is -0.322 e. The van der Waals surface area contributed by atoms with E-state index in [0.717, 1.165) is 21.1 Å². The Balaban J connectivity index is 1.82. The molecule has 0 atom stereocenters. The fraction of sp³-hybridized carbons (Fsp3) is 0.222. The second kappa shape index (κ2) is 6.33. The Kier molecular flexibility index (Phi) is 4.34. The number of amides is 2. The molecule has 3 rings (SSSR count). The first-order valence-electron chi connectivity index (χ1n) is 7.83. The zero-order chi connectivity index (χ0) is 18.2. The lowest BCUT2D eigenvalue weighted by Crippen LogP contribution is -2.29. The number of carbonyl (C=O) groups excluding carboxylic acids is 2. The number of hydrogen-bond donors (Lipinski definition) is 1. The van der Waals surface area contributed by atoms with Crippen LogP contribution in [0.5, 0.6) is 0 Å². The average molecular weight is 358 g/mol. The van der Waals surface area contributed by atoms with E-state index in [1.54, 1.807) is 0 Å². The Labute approximate surface area is 146 Å². The maximum Gasteiger partial charge on any atom is 0.255 e. The molecule has 6 nitrogen and oxygen atoms in total. The summed E-state index contributed by atoms with van der Waals surface area (Å²) in [7, 11) is -3.60. The van der Waals surface area contributed by atoms with Crippen molar-refractivity contribution in [2.24, 2.45) is 0 Å². The first-order chi connectivity index (χ1) is 11.8.